The van der Waals surface area contributed by atoms with Crippen molar-refractivity contribution >= 4 is 23.7 Å². The molecule has 140 valence electrons. The van der Waals surface area contributed by atoms with Crippen LogP contribution in [0.1, 0.15) is 28.7 Å². The van der Waals surface area contributed by atoms with E-state index in [9.17, 15) is 19.8 Å². The van der Waals surface area contributed by atoms with Gasteiger partial charge >= 0.3 is 0 Å². The minimum Gasteiger partial charge on any atom is -0.507 e. The third kappa shape index (κ3) is 5.57. The standard InChI is InChI=1S/C22H22O5/c1-14-10-17(11-15(2)22(14)26)5-8-19(24)13-18(23)7-4-16-6-9-20(25)21(12-16)27-3/h4-12,25-26H,13H2,1-3H3. The number of aryl methyl sites for hydroxylation is 2. The molecule has 0 atom stereocenters. The Labute approximate surface area is 158 Å². The zero-order valence-electron chi connectivity index (χ0n) is 15.5. The van der Waals surface area contributed by atoms with Crippen molar-refractivity contribution in [1.29, 1.82) is 0 Å². The lowest BCUT2D eigenvalue weighted by atomic mass is 10.0. The predicted octanol–water partition coefficient (Wildman–Crippen LogP) is 3.98. The van der Waals surface area contributed by atoms with Crippen molar-refractivity contribution in [3.8, 4) is 17.2 Å². The molecule has 0 spiro atoms. The van der Waals surface area contributed by atoms with Crippen LogP contribution in [0.3, 0.4) is 0 Å². The van der Waals surface area contributed by atoms with Crippen LogP contribution in [-0.2, 0) is 9.59 Å². The maximum absolute atomic E-state index is 12.0. The highest BCUT2D eigenvalue weighted by molar-refractivity contribution is 6.10. The molecular formula is C22H22O5. The number of carbonyl (C=O) groups excluding carboxylic acids is 2. The molecule has 0 aromatic heterocycles. The maximum atomic E-state index is 12.0. The van der Waals surface area contributed by atoms with Gasteiger partial charge in [0.1, 0.15) is 5.75 Å². The molecule has 0 bridgehead atoms. The second-order valence-corrected chi connectivity index (χ2v) is 6.21. The fourth-order valence-corrected chi connectivity index (χ4v) is 2.55. The third-order valence-corrected chi connectivity index (χ3v) is 3.99. The van der Waals surface area contributed by atoms with E-state index in [4.69, 9.17) is 4.74 Å². The molecule has 27 heavy (non-hydrogen) atoms. The van der Waals surface area contributed by atoms with E-state index in [1.807, 2.05) is 0 Å². The van der Waals surface area contributed by atoms with E-state index in [1.165, 1.54) is 25.3 Å². The molecule has 0 radical (unpaired) electrons. The van der Waals surface area contributed by atoms with Gasteiger partial charge in [0.15, 0.2) is 23.1 Å². The summed E-state index contributed by atoms with van der Waals surface area (Å²) >= 11 is 0. The summed E-state index contributed by atoms with van der Waals surface area (Å²) in [6.07, 6.45) is 5.64. The van der Waals surface area contributed by atoms with Crippen LogP contribution < -0.4 is 4.74 Å². The lowest BCUT2D eigenvalue weighted by Gasteiger charge is -2.04. The van der Waals surface area contributed by atoms with E-state index in [1.54, 1.807) is 50.3 Å². The maximum Gasteiger partial charge on any atom is 0.163 e. The molecule has 0 aliphatic carbocycles. The van der Waals surface area contributed by atoms with Crippen LogP contribution >= 0.6 is 0 Å². The van der Waals surface area contributed by atoms with Crippen molar-refractivity contribution in [3.05, 3.63) is 64.7 Å². The quantitative estimate of drug-likeness (QED) is 0.572. The molecule has 0 fully saturated rings. The van der Waals surface area contributed by atoms with Crippen LogP contribution in [0, 0.1) is 13.8 Å². The monoisotopic (exact) mass is 366 g/mol. The van der Waals surface area contributed by atoms with Crippen molar-refractivity contribution < 1.29 is 24.5 Å². The minimum absolute atomic E-state index is 0.0148. The van der Waals surface area contributed by atoms with Gasteiger partial charge in [0.2, 0.25) is 0 Å². The molecule has 2 N–H and O–H groups in total. The topological polar surface area (TPSA) is 83.8 Å². The van der Waals surface area contributed by atoms with Crippen LogP contribution in [0.5, 0.6) is 17.2 Å². The van der Waals surface area contributed by atoms with E-state index in [-0.39, 0.29) is 29.5 Å². The molecule has 0 saturated heterocycles. The Morgan fingerprint density at radius 3 is 2.04 bits per heavy atom. The number of phenolic OH excluding ortho intramolecular Hbond substituents is 2. The Kier molecular flexibility index (Phi) is 6.55. The lowest BCUT2D eigenvalue weighted by molar-refractivity contribution is -0.121. The van der Waals surface area contributed by atoms with Crippen LogP contribution in [0.2, 0.25) is 0 Å². The molecule has 5 nitrogen and oxygen atoms in total. The molecule has 0 amide bonds. The van der Waals surface area contributed by atoms with Gasteiger partial charge in [-0.15, -0.1) is 0 Å². The van der Waals surface area contributed by atoms with Crippen LogP contribution in [0.15, 0.2) is 42.5 Å². The van der Waals surface area contributed by atoms with Crippen molar-refractivity contribution in [1.82, 2.24) is 0 Å². The first-order chi connectivity index (χ1) is 12.8. The number of aromatic hydroxyl groups is 2. The predicted molar refractivity (Wildman–Crippen MR) is 105 cm³/mol. The molecular weight excluding hydrogens is 344 g/mol. The average molecular weight is 366 g/mol. The van der Waals surface area contributed by atoms with Crippen LogP contribution in [0.25, 0.3) is 12.2 Å². The van der Waals surface area contributed by atoms with Gasteiger partial charge in [0.25, 0.3) is 0 Å². The Morgan fingerprint density at radius 2 is 1.48 bits per heavy atom. The summed E-state index contributed by atoms with van der Waals surface area (Å²) in [5.41, 5.74) is 2.92. The number of phenols is 2. The lowest BCUT2D eigenvalue weighted by Crippen LogP contribution is -2.01. The van der Waals surface area contributed by atoms with E-state index >= 15 is 0 Å². The largest absolute Gasteiger partial charge is 0.507 e. The van der Waals surface area contributed by atoms with Gasteiger partial charge in [0, 0.05) is 0 Å². The summed E-state index contributed by atoms with van der Waals surface area (Å²) in [5.74, 6) is -0.0696. The summed E-state index contributed by atoms with van der Waals surface area (Å²) in [7, 11) is 1.44. The highest BCUT2D eigenvalue weighted by Crippen LogP contribution is 2.26. The number of rotatable bonds is 7. The number of ether oxygens (including phenoxy) is 1. The Morgan fingerprint density at radius 1 is 0.926 bits per heavy atom. The van der Waals surface area contributed by atoms with Gasteiger partial charge in [-0.25, -0.2) is 0 Å². The molecule has 2 rings (SSSR count). The SMILES string of the molecule is COc1cc(C=CC(=O)CC(=O)C=Cc2cc(C)c(O)c(C)c2)ccc1O. The molecule has 0 unspecified atom stereocenters. The van der Waals surface area contributed by atoms with Gasteiger partial charge in [-0.05, 0) is 72.5 Å². The minimum atomic E-state index is -0.324. The first-order valence-corrected chi connectivity index (χ1v) is 8.39. The van der Waals surface area contributed by atoms with E-state index < -0.39 is 0 Å². The van der Waals surface area contributed by atoms with Gasteiger partial charge < -0.3 is 14.9 Å². The van der Waals surface area contributed by atoms with Crippen molar-refractivity contribution in [2.45, 2.75) is 20.3 Å². The number of benzene rings is 2. The summed E-state index contributed by atoms with van der Waals surface area (Å²) in [6.45, 7) is 3.57. The summed E-state index contributed by atoms with van der Waals surface area (Å²) in [5, 5.41) is 19.3. The number of carbonyl (C=O) groups is 2. The van der Waals surface area contributed by atoms with Crippen LogP contribution in [-0.4, -0.2) is 28.9 Å². The third-order valence-electron chi connectivity index (χ3n) is 3.99. The molecule has 0 heterocycles. The summed E-state index contributed by atoms with van der Waals surface area (Å²) in [6, 6.07) is 8.24. The van der Waals surface area contributed by atoms with Crippen molar-refractivity contribution in [3.63, 3.8) is 0 Å². The van der Waals surface area contributed by atoms with Gasteiger partial charge in [-0.3, -0.25) is 9.59 Å². The smallest absolute Gasteiger partial charge is 0.163 e. The molecule has 0 aliphatic rings. The van der Waals surface area contributed by atoms with Crippen LogP contribution in [0.4, 0.5) is 0 Å². The first kappa shape index (κ1) is 20.0. The van der Waals surface area contributed by atoms with Gasteiger partial charge in [-0.1, -0.05) is 18.2 Å². The number of hydrogen-bond donors (Lipinski definition) is 2. The van der Waals surface area contributed by atoms with E-state index in [0.29, 0.717) is 11.3 Å². The Balaban J connectivity index is 1.98. The molecule has 5 heteroatoms. The van der Waals surface area contributed by atoms with Gasteiger partial charge in [-0.2, -0.15) is 0 Å². The number of hydrogen-bond acceptors (Lipinski definition) is 5. The Bertz CT molecular complexity index is 899. The molecule has 2 aromatic rings. The highest BCUT2D eigenvalue weighted by Gasteiger charge is 2.06. The molecule has 2 aromatic carbocycles. The zero-order chi connectivity index (χ0) is 20.0. The highest BCUT2D eigenvalue weighted by atomic mass is 16.5. The zero-order valence-corrected chi connectivity index (χ0v) is 15.5. The summed E-state index contributed by atoms with van der Waals surface area (Å²) in [4.78, 5) is 23.9. The first-order valence-electron chi connectivity index (χ1n) is 8.39. The normalized spacial score (nSPS) is 11.2. The van der Waals surface area contributed by atoms with E-state index in [2.05, 4.69) is 0 Å². The second-order valence-electron chi connectivity index (χ2n) is 6.21. The second kappa shape index (κ2) is 8.85. The Hall–Kier alpha value is -3.34. The molecule has 0 saturated carbocycles. The van der Waals surface area contributed by atoms with Gasteiger partial charge in [0.05, 0.1) is 13.5 Å². The number of allylic oxidation sites excluding steroid dienone is 2. The van der Waals surface area contributed by atoms with Crippen molar-refractivity contribution in [2.24, 2.45) is 0 Å². The van der Waals surface area contributed by atoms with E-state index in [0.717, 1.165) is 16.7 Å². The van der Waals surface area contributed by atoms with Crippen molar-refractivity contribution in [2.75, 3.05) is 7.11 Å². The average Bonchev–Trinajstić information content (AvgIpc) is 2.63. The summed E-state index contributed by atoms with van der Waals surface area (Å²) < 4.78 is 5.01. The fourth-order valence-electron chi connectivity index (χ4n) is 2.55. The fraction of sp³-hybridized carbons (Fsp3) is 0.182. The molecule has 0 aliphatic heterocycles. The number of ketones is 2. The number of methoxy groups -OCH3 is 1.